The molecule has 0 aromatic rings. The van der Waals surface area contributed by atoms with E-state index in [9.17, 15) is 4.79 Å². The smallest absolute Gasteiger partial charge is 0.192 e. The molecule has 2 aliphatic carbocycles. The van der Waals surface area contributed by atoms with Crippen molar-refractivity contribution >= 4 is 14.1 Å². The predicted molar refractivity (Wildman–Crippen MR) is 90.9 cm³/mol. The van der Waals surface area contributed by atoms with Gasteiger partial charge in [-0.1, -0.05) is 27.7 Å². The zero-order valence-corrected chi connectivity index (χ0v) is 15.7. The van der Waals surface area contributed by atoms with E-state index in [4.69, 9.17) is 4.43 Å². The van der Waals surface area contributed by atoms with E-state index < -0.39 is 8.32 Å². The molecule has 0 bridgehead atoms. The second kappa shape index (κ2) is 6.95. The van der Waals surface area contributed by atoms with Crippen LogP contribution in [0, 0.1) is 23.7 Å². The van der Waals surface area contributed by atoms with Crippen molar-refractivity contribution in [2.75, 3.05) is 0 Å². The zero-order valence-electron chi connectivity index (χ0n) is 14.7. The molecule has 5 atom stereocenters. The number of carbonyl (C=O) groups excluding carboxylic acids is 1. The molecule has 2 rings (SSSR count). The van der Waals surface area contributed by atoms with E-state index in [1.807, 2.05) is 0 Å². The standard InChI is InChI=1S/C18H34O2Si/c1-6-21(7-2,8-3)20-17-12-9-13(4)18-15(14(5)19)10-11-16(17)18/h13,15-18H,6-12H2,1-5H3/t13-,15?,16?,17?,18?/m1/s1. The molecule has 0 aromatic carbocycles. The third-order valence-electron chi connectivity index (χ3n) is 6.67. The fraction of sp³-hybridized carbons (Fsp3) is 0.944. The SMILES string of the molecule is CC[Si](CC)(CC)OC1CC[C@@H](C)C2C(C(C)=O)CCC12. The first-order valence-corrected chi connectivity index (χ1v) is 11.7. The Hall–Kier alpha value is -0.153. The lowest BCUT2D eigenvalue weighted by Gasteiger charge is -2.44. The molecule has 0 aromatic heterocycles. The number of carbonyl (C=O) groups is 1. The summed E-state index contributed by atoms with van der Waals surface area (Å²) in [7, 11) is -1.52. The molecular formula is C18H34O2Si. The lowest BCUT2D eigenvalue weighted by atomic mass is 9.69. The van der Waals surface area contributed by atoms with Gasteiger partial charge in [0.15, 0.2) is 8.32 Å². The number of fused-ring (bicyclic) bond motifs is 1. The molecular weight excluding hydrogens is 276 g/mol. The Kier molecular flexibility index (Phi) is 5.69. The second-order valence-corrected chi connectivity index (χ2v) is 12.2. The highest BCUT2D eigenvalue weighted by molar-refractivity contribution is 6.73. The van der Waals surface area contributed by atoms with Crippen LogP contribution < -0.4 is 0 Å². The third kappa shape index (κ3) is 3.29. The average Bonchev–Trinajstić information content (AvgIpc) is 2.93. The summed E-state index contributed by atoms with van der Waals surface area (Å²) in [5, 5.41) is 0. The molecule has 0 saturated heterocycles. The van der Waals surface area contributed by atoms with Gasteiger partial charge in [-0.15, -0.1) is 0 Å². The van der Waals surface area contributed by atoms with Crippen LogP contribution in [0.4, 0.5) is 0 Å². The molecule has 2 nitrogen and oxygen atoms in total. The van der Waals surface area contributed by atoms with Crippen molar-refractivity contribution in [3.8, 4) is 0 Å². The lowest BCUT2D eigenvalue weighted by molar-refractivity contribution is -0.123. The summed E-state index contributed by atoms with van der Waals surface area (Å²) >= 11 is 0. The van der Waals surface area contributed by atoms with Gasteiger partial charge < -0.3 is 4.43 Å². The first kappa shape index (κ1) is 17.2. The summed E-state index contributed by atoms with van der Waals surface area (Å²) in [4.78, 5) is 12.0. The van der Waals surface area contributed by atoms with Gasteiger partial charge in [0.05, 0.1) is 0 Å². The van der Waals surface area contributed by atoms with Gasteiger partial charge in [-0.2, -0.15) is 0 Å². The van der Waals surface area contributed by atoms with Crippen LogP contribution in [0.25, 0.3) is 0 Å². The molecule has 0 heterocycles. The zero-order chi connectivity index (χ0) is 15.6. The normalized spacial score (nSPS) is 36.5. The van der Waals surface area contributed by atoms with E-state index in [2.05, 4.69) is 27.7 Å². The van der Waals surface area contributed by atoms with Crippen LogP contribution in [0.2, 0.25) is 18.1 Å². The Morgan fingerprint density at radius 2 is 1.67 bits per heavy atom. The maximum atomic E-state index is 12.0. The number of ketones is 1. The third-order valence-corrected chi connectivity index (χ3v) is 11.3. The molecule has 122 valence electrons. The van der Waals surface area contributed by atoms with Gasteiger partial charge >= 0.3 is 0 Å². The van der Waals surface area contributed by atoms with Crippen molar-refractivity contribution in [3.63, 3.8) is 0 Å². The van der Waals surface area contributed by atoms with Crippen LogP contribution >= 0.6 is 0 Å². The van der Waals surface area contributed by atoms with E-state index in [-0.39, 0.29) is 0 Å². The summed E-state index contributed by atoms with van der Waals surface area (Å²) in [6, 6.07) is 3.71. The molecule has 2 aliphatic rings. The van der Waals surface area contributed by atoms with Gasteiger partial charge in [-0.3, -0.25) is 4.79 Å². The van der Waals surface area contributed by atoms with Crippen LogP contribution in [0.1, 0.15) is 60.3 Å². The van der Waals surface area contributed by atoms with Gasteiger partial charge in [0, 0.05) is 12.0 Å². The van der Waals surface area contributed by atoms with E-state index in [0.29, 0.717) is 35.6 Å². The number of hydrogen-bond acceptors (Lipinski definition) is 2. The minimum absolute atomic E-state index is 0.317. The number of hydrogen-bond donors (Lipinski definition) is 0. The van der Waals surface area contributed by atoms with Crippen LogP contribution in [0.15, 0.2) is 0 Å². The summed E-state index contributed by atoms with van der Waals surface area (Å²) in [5.74, 6) is 2.68. The Morgan fingerprint density at radius 3 is 2.19 bits per heavy atom. The van der Waals surface area contributed by atoms with E-state index in [1.165, 1.54) is 37.4 Å². The van der Waals surface area contributed by atoms with E-state index >= 15 is 0 Å². The second-order valence-electron chi connectivity index (χ2n) is 7.49. The monoisotopic (exact) mass is 310 g/mol. The Balaban J connectivity index is 2.14. The minimum Gasteiger partial charge on any atom is -0.414 e. The van der Waals surface area contributed by atoms with Crippen LogP contribution in [0.3, 0.4) is 0 Å². The molecule has 4 unspecified atom stereocenters. The molecule has 0 N–H and O–H groups in total. The maximum Gasteiger partial charge on any atom is 0.192 e. The highest BCUT2D eigenvalue weighted by atomic mass is 28.4. The van der Waals surface area contributed by atoms with Crippen molar-refractivity contribution in [3.05, 3.63) is 0 Å². The van der Waals surface area contributed by atoms with Gasteiger partial charge in [0.25, 0.3) is 0 Å². The van der Waals surface area contributed by atoms with Crippen LogP contribution in [-0.2, 0) is 9.22 Å². The summed E-state index contributed by atoms with van der Waals surface area (Å²) < 4.78 is 6.84. The molecule has 0 radical (unpaired) electrons. The van der Waals surface area contributed by atoms with Crippen molar-refractivity contribution in [2.24, 2.45) is 23.7 Å². The van der Waals surface area contributed by atoms with Gasteiger partial charge in [-0.25, -0.2) is 0 Å². The number of Topliss-reactive ketones (excluding diaryl/α,β-unsaturated/α-hetero) is 1. The minimum atomic E-state index is -1.52. The Labute approximate surface area is 132 Å². The molecule has 21 heavy (non-hydrogen) atoms. The highest BCUT2D eigenvalue weighted by Crippen LogP contribution is 2.50. The maximum absolute atomic E-state index is 12.0. The number of rotatable bonds is 6. The fourth-order valence-corrected chi connectivity index (χ4v) is 8.02. The van der Waals surface area contributed by atoms with E-state index in [1.54, 1.807) is 6.92 Å². The summed E-state index contributed by atoms with van der Waals surface area (Å²) in [5.41, 5.74) is 0. The van der Waals surface area contributed by atoms with Crippen molar-refractivity contribution < 1.29 is 9.22 Å². The first-order chi connectivity index (χ1) is 9.98. The molecule has 2 fully saturated rings. The predicted octanol–water partition coefficient (Wildman–Crippen LogP) is 5.04. The Bertz CT molecular complexity index is 356. The van der Waals surface area contributed by atoms with E-state index in [0.717, 1.165) is 6.42 Å². The van der Waals surface area contributed by atoms with Gasteiger partial charge in [0.2, 0.25) is 0 Å². The van der Waals surface area contributed by atoms with Crippen LogP contribution in [0.5, 0.6) is 0 Å². The summed E-state index contributed by atoms with van der Waals surface area (Å²) in [6.07, 6.45) is 5.24. The largest absolute Gasteiger partial charge is 0.414 e. The van der Waals surface area contributed by atoms with Crippen molar-refractivity contribution in [1.29, 1.82) is 0 Å². The first-order valence-electron chi connectivity index (χ1n) is 9.16. The lowest BCUT2D eigenvalue weighted by Crippen LogP contribution is -2.46. The molecule has 0 amide bonds. The molecule has 2 saturated carbocycles. The quantitative estimate of drug-likeness (QED) is 0.643. The van der Waals surface area contributed by atoms with Crippen LogP contribution in [-0.4, -0.2) is 20.2 Å². The highest BCUT2D eigenvalue weighted by Gasteiger charge is 2.49. The van der Waals surface area contributed by atoms with Gasteiger partial charge in [0.1, 0.15) is 5.78 Å². The summed E-state index contributed by atoms with van der Waals surface area (Å²) in [6.45, 7) is 11.1. The van der Waals surface area contributed by atoms with Crippen molar-refractivity contribution in [1.82, 2.24) is 0 Å². The molecule has 0 aliphatic heterocycles. The average molecular weight is 311 g/mol. The topological polar surface area (TPSA) is 26.3 Å². The van der Waals surface area contributed by atoms with Crippen molar-refractivity contribution in [2.45, 2.75) is 84.5 Å². The molecule has 3 heteroatoms. The van der Waals surface area contributed by atoms with Gasteiger partial charge in [-0.05, 0) is 68.5 Å². The molecule has 0 spiro atoms. The Morgan fingerprint density at radius 1 is 1.05 bits per heavy atom. The fourth-order valence-electron chi connectivity index (χ4n) is 5.08.